The molecule has 0 aliphatic rings. The van der Waals surface area contributed by atoms with Crippen molar-refractivity contribution in [3.63, 3.8) is 0 Å². The van der Waals surface area contributed by atoms with Crippen molar-refractivity contribution in [3.8, 4) is 5.75 Å². The van der Waals surface area contributed by atoms with Crippen molar-refractivity contribution in [1.82, 2.24) is 0 Å². The third-order valence-corrected chi connectivity index (χ3v) is 3.84. The summed E-state index contributed by atoms with van der Waals surface area (Å²) in [5.41, 5.74) is 0.0533. The van der Waals surface area contributed by atoms with E-state index in [1.54, 1.807) is 12.1 Å². The molecule has 0 N–H and O–H groups in total. The smallest absolute Gasteiger partial charge is 0.269 e. The fourth-order valence-corrected chi connectivity index (χ4v) is 2.69. The maximum Gasteiger partial charge on any atom is 0.269 e. The predicted octanol–water partition coefficient (Wildman–Crippen LogP) is 4.83. The highest BCUT2D eigenvalue weighted by atomic mass is 32.2. The number of nitrogens with zero attached hydrogens (tertiary/aromatic N) is 1. The Bertz CT molecular complexity index is 782. The van der Waals surface area contributed by atoms with Crippen molar-refractivity contribution >= 4 is 28.5 Å². The van der Waals surface area contributed by atoms with Crippen LogP contribution in [0.25, 0.3) is 10.8 Å². The second-order valence-corrected chi connectivity index (χ2v) is 5.17. The van der Waals surface area contributed by atoms with E-state index in [1.807, 2.05) is 42.5 Å². The number of rotatable bonds is 4. The molecule has 0 saturated carbocycles. The SMILES string of the molecule is O=[N+]([O-])c1ccc(OSc2cccc3ccccc23)cc1. The maximum absolute atomic E-state index is 10.6. The molecule has 0 unspecified atom stereocenters. The molecule has 0 amide bonds. The second-order valence-electron chi connectivity index (χ2n) is 4.39. The van der Waals surface area contributed by atoms with Crippen LogP contribution in [0.3, 0.4) is 0 Å². The molecule has 104 valence electrons. The van der Waals surface area contributed by atoms with E-state index in [0.717, 1.165) is 15.7 Å². The molecular weight excluding hydrogens is 286 g/mol. The first-order chi connectivity index (χ1) is 10.2. The molecule has 3 aromatic rings. The predicted molar refractivity (Wildman–Crippen MR) is 83.5 cm³/mol. The maximum atomic E-state index is 10.6. The first-order valence-corrected chi connectivity index (χ1v) is 7.05. The molecule has 0 bridgehead atoms. The Hall–Kier alpha value is -2.53. The topological polar surface area (TPSA) is 52.4 Å². The van der Waals surface area contributed by atoms with E-state index in [1.165, 1.54) is 24.2 Å². The lowest BCUT2D eigenvalue weighted by Crippen LogP contribution is -1.88. The fourth-order valence-electron chi connectivity index (χ4n) is 1.98. The van der Waals surface area contributed by atoms with E-state index >= 15 is 0 Å². The molecule has 0 spiro atoms. The van der Waals surface area contributed by atoms with E-state index in [4.69, 9.17) is 4.18 Å². The highest BCUT2D eigenvalue weighted by Crippen LogP contribution is 2.30. The number of fused-ring (bicyclic) bond motifs is 1. The standard InChI is InChI=1S/C16H11NO3S/c18-17(19)13-8-10-14(11-9-13)20-21-16-7-3-5-12-4-1-2-6-15(12)16/h1-11H. The minimum absolute atomic E-state index is 0.0533. The van der Waals surface area contributed by atoms with Crippen LogP contribution in [-0.4, -0.2) is 4.92 Å². The molecule has 3 rings (SSSR count). The van der Waals surface area contributed by atoms with Crippen LogP contribution < -0.4 is 4.18 Å². The molecule has 0 fully saturated rings. The van der Waals surface area contributed by atoms with Gasteiger partial charge >= 0.3 is 0 Å². The normalized spacial score (nSPS) is 10.5. The molecule has 5 heteroatoms. The number of non-ortho nitro benzene ring substituents is 1. The summed E-state index contributed by atoms with van der Waals surface area (Å²) in [4.78, 5) is 11.2. The zero-order chi connectivity index (χ0) is 14.7. The van der Waals surface area contributed by atoms with Crippen molar-refractivity contribution in [1.29, 1.82) is 0 Å². The van der Waals surface area contributed by atoms with Crippen LogP contribution in [0.5, 0.6) is 5.75 Å². The lowest BCUT2D eigenvalue weighted by atomic mass is 10.1. The average Bonchev–Trinajstić information content (AvgIpc) is 2.53. The van der Waals surface area contributed by atoms with Crippen LogP contribution in [0, 0.1) is 10.1 Å². The molecule has 4 nitrogen and oxygen atoms in total. The van der Waals surface area contributed by atoms with Gasteiger partial charge in [0.15, 0.2) is 0 Å². The molecule has 0 atom stereocenters. The van der Waals surface area contributed by atoms with Crippen molar-refractivity contribution in [2.45, 2.75) is 4.90 Å². The van der Waals surface area contributed by atoms with E-state index in [-0.39, 0.29) is 5.69 Å². The minimum atomic E-state index is -0.429. The highest BCUT2D eigenvalue weighted by Gasteiger charge is 2.06. The number of nitro benzene ring substituents is 1. The summed E-state index contributed by atoms with van der Waals surface area (Å²) in [6.07, 6.45) is 0. The van der Waals surface area contributed by atoms with Crippen LogP contribution in [-0.2, 0) is 0 Å². The van der Waals surface area contributed by atoms with Gasteiger partial charge < -0.3 is 4.18 Å². The Morgan fingerprint density at radius 2 is 1.62 bits per heavy atom. The second kappa shape index (κ2) is 5.85. The van der Waals surface area contributed by atoms with Gasteiger partial charge in [0, 0.05) is 12.1 Å². The van der Waals surface area contributed by atoms with E-state index < -0.39 is 4.92 Å². The summed E-state index contributed by atoms with van der Waals surface area (Å²) >= 11 is 1.25. The van der Waals surface area contributed by atoms with Crippen molar-refractivity contribution < 1.29 is 9.11 Å². The Kier molecular flexibility index (Phi) is 3.75. The molecule has 0 aromatic heterocycles. The van der Waals surface area contributed by atoms with Gasteiger partial charge in [-0.25, -0.2) is 0 Å². The lowest BCUT2D eigenvalue weighted by molar-refractivity contribution is -0.384. The van der Waals surface area contributed by atoms with Gasteiger partial charge in [-0.3, -0.25) is 10.1 Å². The van der Waals surface area contributed by atoms with Crippen molar-refractivity contribution in [3.05, 3.63) is 76.8 Å². The fraction of sp³-hybridized carbons (Fsp3) is 0. The van der Waals surface area contributed by atoms with E-state index in [0.29, 0.717) is 5.75 Å². The number of hydrogen-bond acceptors (Lipinski definition) is 4. The van der Waals surface area contributed by atoms with Gasteiger partial charge in [0.1, 0.15) is 5.75 Å². The average molecular weight is 297 g/mol. The summed E-state index contributed by atoms with van der Waals surface area (Å²) in [6, 6.07) is 20.1. The van der Waals surface area contributed by atoms with Crippen LogP contribution in [0.4, 0.5) is 5.69 Å². The van der Waals surface area contributed by atoms with Crippen molar-refractivity contribution in [2.75, 3.05) is 0 Å². The van der Waals surface area contributed by atoms with Gasteiger partial charge in [0.05, 0.1) is 21.9 Å². The summed E-state index contributed by atoms with van der Waals surface area (Å²) in [7, 11) is 0. The minimum Gasteiger partial charge on any atom is -0.421 e. The highest BCUT2D eigenvalue weighted by molar-refractivity contribution is 7.95. The number of benzene rings is 3. The van der Waals surface area contributed by atoms with Gasteiger partial charge in [-0.1, -0.05) is 36.4 Å². The number of hydrogen-bond donors (Lipinski definition) is 0. The quantitative estimate of drug-likeness (QED) is 0.393. The Morgan fingerprint density at radius 3 is 2.38 bits per heavy atom. The van der Waals surface area contributed by atoms with Crippen LogP contribution in [0.2, 0.25) is 0 Å². The molecule has 21 heavy (non-hydrogen) atoms. The molecule has 0 heterocycles. The summed E-state index contributed by atoms with van der Waals surface area (Å²) in [5.74, 6) is 0.582. The lowest BCUT2D eigenvalue weighted by Gasteiger charge is -2.06. The zero-order valence-electron chi connectivity index (χ0n) is 10.9. The third-order valence-electron chi connectivity index (χ3n) is 3.02. The molecule has 3 aromatic carbocycles. The van der Waals surface area contributed by atoms with Crippen molar-refractivity contribution in [2.24, 2.45) is 0 Å². The third kappa shape index (κ3) is 2.98. The summed E-state index contributed by atoms with van der Waals surface area (Å²) < 4.78 is 5.63. The van der Waals surface area contributed by atoms with Gasteiger partial charge in [-0.15, -0.1) is 0 Å². The number of nitro groups is 1. The summed E-state index contributed by atoms with van der Waals surface area (Å²) in [6.45, 7) is 0. The molecule has 0 saturated heterocycles. The van der Waals surface area contributed by atoms with E-state index in [9.17, 15) is 10.1 Å². The first-order valence-electron chi connectivity index (χ1n) is 6.31. The van der Waals surface area contributed by atoms with Crippen LogP contribution in [0.1, 0.15) is 0 Å². The Morgan fingerprint density at radius 1 is 0.905 bits per heavy atom. The van der Waals surface area contributed by atoms with Gasteiger partial charge in [0.25, 0.3) is 5.69 Å². The Labute approximate surface area is 125 Å². The first kappa shape index (κ1) is 13.5. The molecular formula is C16H11NO3S. The van der Waals surface area contributed by atoms with Gasteiger partial charge in [-0.2, -0.15) is 0 Å². The van der Waals surface area contributed by atoms with E-state index in [2.05, 4.69) is 0 Å². The molecule has 0 aliphatic carbocycles. The van der Waals surface area contributed by atoms with Gasteiger partial charge in [0.2, 0.25) is 0 Å². The monoisotopic (exact) mass is 297 g/mol. The van der Waals surface area contributed by atoms with Gasteiger partial charge in [-0.05, 0) is 29.0 Å². The van der Waals surface area contributed by atoms with Crippen LogP contribution in [0.15, 0.2) is 71.6 Å². The van der Waals surface area contributed by atoms with Crippen LogP contribution >= 0.6 is 12.0 Å². The zero-order valence-corrected chi connectivity index (χ0v) is 11.7. The molecule has 0 radical (unpaired) electrons. The Balaban J connectivity index is 1.79. The summed E-state index contributed by atoms with van der Waals surface area (Å²) in [5, 5.41) is 12.9. The molecule has 0 aliphatic heterocycles. The largest absolute Gasteiger partial charge is 0.421 e.